The summed E-state index contributed by atoms with van der Waals surface area (Å²) >= 11 is 3.36. The second kappa shape index (κ2) is 4.37. The highest BCUT2D eigenvalue weighted by molar-refractivity contribution is 9.10. The smallest absolute Gasteiger partial charge is 0.233 e. The Morgan fingerprint density at radius 1 is 1.19 bits per heavy atom. The first kappa shape index (κ1) is 11.3. The molecule has 16 heavy (non-hydrogen) atoms. The molecule has 1 heterocycles. The van der Waals surface area contributed by atoms with Crippen molar-refractivity contribution in [1.82, 2.24) is 0 Å². The van der Waals surface area contributed by atoms with Crippen LogP contribution in [0.15, 0.2) is 22.7 Å². The van der Waals surface area contributed by atoms with Crippen molar-refractivity contribution in [2.75, 3.05) is 4.90 Å². The third kappa shape index (κ3) is 2.02. The largest absolute Gasteiger partial charge is 0.274 e. The molecular weight excluding hydrogens is 270 g/mol. The van der Waals surface area contributed by atoms with Gasteiger partial charge in [0.25, 0.3) is 0 Å². The summed E-state index contributed by atoms with van der Waals surface area (Å²) < 4.78 is 0.950. The van der Waals surface area contributed by atoms with Crippen LogP contribution in [0.3, 0.4) is 0 Å². The fourth-order valence-corrected chi connectivity index (χ4v) is 2.37. The van der Waals surface area contributed by atoms with E-state index in [2.05, 4.69) is 15.9 Å². The van der Waals surface area contributed by atoms with Crippen LogP contribution >= 0.6 is 15.9 Å². The number of amides is 2. The number of piperidine rings is 1. The maximum atomic E-state index is 11.7. The minimum absolute atomic E-state index is 0.0957. The molecule has 2 amide bonds. The van der Waals surface area contributed by atoms with Crippen LogP contribution in [0, 0.1) is 6.92 Å². The van der Waals surface area contributed by atoms with Gasteiger partial charge < -0.3 is 0 Å². The molecule has 0 saturated carbocycles. The van der Waals surface area contributed by atoms with Crippen molar-refractivity contribution in [3.05, 3.63) is 28.2 Å². The van der Waals surface area contributed by atoms with Crippen molar-refractivity contribution in [3.63, 3.8) is 0 Å². The normalized spacial score (nSPS) is 16.8. The number of nitrogens with zero attached hydrogens (tertiary/aromatic N) is 1. The van der Waals surface area contributed by atoms with Gasteiger partial charge in [0.15, 0.2) is 0 Å². The molecule has 1 aromatic rings. The van der Waals surface area contributed by atoms with E-state index in [1.165, 1.54) is 4.90 Å². The number of carbonyl (C=O) groups excluding carboxylic acids is 2. The Labute approximate surface area is 103 Å². The minimum Gasteiger partial charge on any atom is -0.274 e. The molecule has 0 unspecified atom stereocenters. The van der Waals surface area contributed by atoms with E-state index in [4.69, 9.17) is 0 Å². The Bertz CT molecular complexity index is 440. The average Bonchev–Trinajstić information content (AvgIpc) is 2.20. The zero-order valence-corrected chi connectivity index (χ0v) is 10.6. The van der Waals surface area contributed by atoms with Crippen LogP contribution in [0.25, 0.3) is 0 Å². The Balaban J connectivity index is 2.42. The Morgan fingerprint density at radius 3 is 2.38 bits per heavy atom. The fraction of sp³-hybridized carbons (Fsp3) is 0.333. The third-order valence-corrected chi connectivity index (χ3v) is 3.17. The first-order chi connectivity index (χ1) is 7.59. The van der Waals surface area contributed by atoms with Gasteiger partial charge in [-0.3, -0.25) is 14.5 Å². The van der Waals surface area contributed by atoms with Crippen LogP contribution < -0.4 is 4.90 Å². The highest BCUT2D eigenvalue weighted by Crippen LogP contribution is 2.27. The lowest BCUT2D eigenvalue weighted by Gasteiger charge is -2.26. The summed E-state index contributed by atoms with van der Waals surface area (Å²) in [6.07, 6.45) is 1.59. The quantitative estimate of drug-likeness (QED) is 0.743. The molecule has 0 aromatic heterocycles. The number of benzene rings is 1. The van der Waals surface area contributed by atoms with Gasteiger partial charge in [-0.1, -0.05) is 15.9 Å². The monoisotopic (exact) mass is 281 g/mol. The van der Waals surface area contributed by atoms with E-state index in [-0.39, 0.29) is 11.8 Å². The molecule has 1 saturated heterocycles. The van der Waals surface area contributed by atoms with Crippen molar-refractivity contribution in [1.29, 1.82) is 0 Å². The molecule has 0 aliphatic carbocycles. The van der Waals surface area contributed by atoms with Crippen molar-refractivity contribution >= 4 is 33.4 Å². The van der Waals surface area contributed by atoms with E-state index < -0.39 is 0 Å². The predicted octanol–water partition coefficient (Wildman–Crippen LogP) is 2.80. The Kier molecular flexibility index (Phi) is 3.10. The highest BCUT2D eigenvalue weighted by atomic mass is 79.9. The van der Waals surface area contributed by atoms with Crippen molar-refractivity contribution < 1.29 is 9.59 Å². The van der Waals surface area contributed by atoms with Crippen molar-refractivity contribution in [2.45, 2.75) is 26.2 Å². The summed E-state index contributed by atoms with van der Waals surface area (Å²) in [5, 5.41) is 0. The fourth-order valence-electron chi connectivity index (χ4n) is 1.89. The molecule has 1 aliphatic heterocycles. The first-order valence-corrected chi connectivity index (χ1v) is 6.01. The summed E-state index contributed by atoms with van der Waals surface area (Å²) in [6.45, 7) is 1.90. The third-order valence-electron chi connectivity index (χ3n) is 2.68. The lowest BCUT2D eigenvalue weighted by Crippen LogP contribution is -2.40. The van der Waals surface area contributed by atoms with Gasteiger partial charge in [-0.15, -0.1) is 0 Å². The molecule has 1 aromatic carbocycles. The molecule has 1 fully saturated rings. The van der Waals surface area contributed by atoms with Crippen LogP contribution in [-0.2, 0) is 9.59 Å². The molecule has 0 atom stereocenters. The standard InChI is InChI=1S/C12H12BrNO2/c1-8-7-9(13)5-6-10(8)14-11(15)3-2-4-12(14)16/h5-7H,2-4H2,1H3. The van der Waals surface area contributed by atoms with Crippen molar-refractivity contribution in [3.8, 4) is 0 Å². The van der Waals surface area contributed by atoms with Crippen LogP contribution in [0.4, 0.5) is 5.69 Å². The van der Waals surface area contributed by atoms with E-state index in [1.54, 1.807) is 6.07 Å². The zero-order chi connectivity index (χ0) is 11.7. The summed E-state index contributed by atoms with van der Waals surface area (Å²) in [4.78, 5) is 24.8. The van der Waals surface area contributed by atoms with Gasteiger partial charge in [0.2, 0.25) is 11.8 Å². The van der Waals surface area contributed by atoms with Crippen LogP contribution in [-0.4, -0.2) is 11.8 Å². The van der Waals surface area contributed by atoms with Crippen LogP contribution in [0.5, 0.6) is 0 Å². The van der Waals surface area contributed by atoms with Gasteiger partial charge in [0, 0.05) is 17.3 Å². The molecule has 84 valence electrons. The number of imide groups is 1. The summed E-state index contributed by atoms with van der Waals surface area (Å²) in [5.41, 5.74) is 1.64. The number of aryl methyl sites for hydroxylation is 1. The van der Waals surface area contributed by atoms with E-state index >= 15 is 0 Å². The van der Waals surface area contributed by atoms with Crippen molar-refractivity contribution in [2.24, 2.45) is 0 Å². The number of hydrogen-bond acceptors (Lipinski definition) is 2. The van der Waals surface area contributed by atoms with E-state index in [1.807, 2.05) is 19.1 Å². The van der Waals surface area contributed by atoms with Gasteiger partial charge in [-0.25, -0.2) is 0 Å². The molecule has 3 nitrogen and oxygen atoms in total. The summed E-state index contributed by atoms with van der Waals surface area (Å²) in [7, 11) is 0. The predicted molar refractivity (Wildman–Crippen MR) is 65.2 cm³/mol. The summed E-state index contributed by atoms with van der Waals surface area (Å²) in [5.74, 6) is -0.191. The molecule has 0 radical (unpaired) electrons. The number of hydrogen-bond donors (Lipinski definition) is 0. The molecule has 1 aliphatic rings. The highest BCUT2D eigenvalue weighted by Gasteiger charge is 2.28. The summed E-state index contributed by atoms with van der Waals surface area (Å²) in [6, 6.07) is 5.56. The number of halogens is 1. The molecule has 0 spiro atoms. The van der Waals surface area contributed by atoms with E-state index in [0.717, 1.165) is 10.0 Å². The van der Waals surface area contributed by atoms with E-state index in [9.17, 15) is 9.59 Å². The number of anilines is 1. The number of carbonyl (C=O) groups is 2. The molecule has 0 bridgehead atoms. The second-order valence-electron chi connectivity index (χ2n) is 3.91. The maximum Gasteiger partial charge on any atom is 0.233 e. The van der Waals surface area contributed by atoms with Gasteiger partial charge >= 0.3 is 0 Å². The van der Waals surface area contributed by atoms with Crippen LogP contribution in [0.1, 0.15) is 24.8 Å². The Morgan fingerprint density at radius 2 is 1.81 bits per heavy atom. The zero-order valence-electron chi connectivity index (χ0n) is 9.00. The average molecular weight is 282 g/mol. The second-order valence-corrected chi connectivity index (χ2v) is 4.82. The molecule has 0 N–H and O–H groups in total. The van der Waals surface area contributed by atoms with Gasteiger partial charge in [-0.2, -0.15) is 0 Å². The molecular formula is C12H12BrNO2. The van der Waals surface area contributed by atoms with Crippen LogP contribution in [0.2, 0.25) is 0 Å². The minimum atomic E-state index is -0.0957. The lowest BCUT2D eigenvalue weighted by atomic mass is 10.1. The topological polar surface area (TPSA) is 37.4 Å². The lowest BCUT2D eigenvalue weighted by molar-refractivity contribution is -0.129. The first-order valence-electron chi connectivity index (χ1n) is 5.21. The molecule has 4 heteroatoms. The Hall–Kier alpha value is -1.16. The SMILES string of the molecule is Cc1cc(Br)ccc1N1C(=O)CCCC1=O. The van der Waals surface area contributed by atoms with Gasteiger partial charge in [0.1, 0.15) is 0 Å². The van der Waals surface area contributed by atoms with Gasteiger partial charge in [0.05, 0.1) is 5.69 Å². The number of rotatable bonds is 1. The molecule has 2 rings (SSSR count). The van der Waals surface area contributed by atoms with Gasteiger partial charge in [-0.05, 0) is 37.1 Å². The maximum absolute atomic E-state index is 11.7. The van der Waals surface area contributed by atoms with E-state index in [0.29, 0.717) is 24.9 Å².